The maximum Gasteiger partial charge on any atom is 0.333 e. The molecule has 0 saturated heterocycles. The second kappa shape index (κ2) is 14.5. The molecule has 2 nitrogen and oxygen atoms in total. The van der Waals surface area contributed by atoms with Crippen LogP contribution in [0.3, 0.4) is 0 Å². The zero-order valence-electron chi connectivity index (χ0n) is 48.8. The lowest BCUT2D eigenvalue weighted by molar-refractivity contribution is 0.331. The minimum absolute atomic E-state index is 0.0172. The first-order valence-corrected chi connectivity index (χ1v) is 30.2. The van der Waals surface area contributed by atoms with Gasteiger partial charge in [-0.25, -0.2) is 0 Å². The Labute approximate surface area is 467 Å². The van der Waals surface area contributed by atoms with Gasteiger partial charge >= 0.3 is 6.85 Å². The molecule has 0 N–H and O–H groups in total. The molecular formula is C74H73BN2S. The Balaban J connectivity index is 1.13. The molecule has 0 fully saturated rings. The van der Waals surface area contributed by atoms with Gasteiger partial charge in [-0.3, -0.25) is 0 Å². The standard InChI is InChI=1S/C74H73BN2S/c1-68(2,3)40-24-26-41(27-25-40)77-58-35-45-44-32-52-54(71(8,9)30-28-69(52,4)5)37-51(44)73(12,13)50(45)33-48(58)64-65-62(43-21-16-18-22-49(43)74(65,14)15)63-47-34-53-55(72(10,11)31-29-70(53,6)7)38-57(47)76-59-36-46-42-20-17-19-23-60(42)78-61(46)39-56(59)75(77)66(64)67(63)76/h16-27,32-39H,28-31H2,1-15H3. The van der Waals surface area contributed by atoms with E-state index in [2.05, 4.69) is 235 Å². The van der Waals surface area contributed by atoms with Crippen molar-refractivity contribution in [3.8, 4) is 39.1 Å². The molecule has 6 aliphatic rings. The zero-order valence-corrected chi connectivity index (χ0v) is 49.6. The van der Waals surface area contributed by atoms with Gasteiger partial charge in [-0.05, 0) is 202 Å². The maximum absolute atomic E-state index is 2.83. The molecule has 78 heavy (non-hydrogen) atoms. The molecule has 4 aliphatic carbocycles. The molecule has 2 aliphatic heterocycles. The van der Waals surface area contributed by atoms with Crippen LogP contribution in [0.2, 0.25) is 0 Å². The normalized spacial score (nSPS) is 19.6. The summed E-state index contributed by atoms with van der Waals surface area (Å²) in [5.74, 6) is 0. The highest BCUT2D eigenvalue weighted by atomic mass is 32.1. The van der Waals surface area contributed by atoms with Crippen molar-refractivity contribution in [3.05, 3.63) is 171 Å². The van der Waals surface area contributed by atoms with E-state index < -0.39 is 0 Å². The van der Waals surface area contributed by atoms with Gasteiger partial charge in [-0.1, -0.05) is 165 Å². The lowest BCUT2D eigenvalue weighted by Crippen LogP contribution is -2.61. The predicted octanol–water partition coefficient (Wildman–Crippen LogP) is 19.0. The molecule has 4 heteroatoms. The minimum atomic E-state index is -0.280. The molecule has 8 aromatic carbocycles. The molecule has 0 bridgehead atoms. The molecule has 388 valence electrons. The second-order valence-corrected chi connectivity index (χ2v) is 30.9. The third-order valence-electron chi connectivity index (χ3n) is 21.6. The van der Waals surface area contributed by atoms with Gasteiger partial charge in [-0.2, -0.15) is 0 Å². The van der Waals surface area contributed by atoms with Gasteiger partial charge in [0, 0.05) is 64.4 Å². The Morgan fingerprint density at radius 2 is 1.05 bits per heavy atom. The number of nitrogens with zero attached hydrogens (tertiary/aromatic N) is 2. The monoisotopic (exact) mass is 1030 g/mol. The third kappa shape index (κ3) is 5.81. The van der Waals surface area contributed by atoms with Crippen LogP contribution in [0.15, 0.2) is 121 Å². The largest absolute Gasteiger partial charge is 0.376 e. The summed E-state index contributed by atoms with van der Waals surface area (Å²) in [7, 11) is 0. The third-order valence-corrected chi connectivity index (χ3v) is 22.7. The number of hydrogen-bond acceptors (Lipinski definition) is 2. The van der Waals surface area contributed by atoms with Crippen molar-refractivity contribution >= 4 is 82.5 Å². The van der Waals surface area contributed by atoms with Gasteiger partial charge in [0.25, 0.3) is 0 Å². The first-order chi connectivity index (χ1) is 36.8. The van der Waals surface area contributed by atoms with Crippen LogP contribution in [0.25, 0.3) is 81.0 Å². The number of thiophene rings is 1. The van der Waals surface area contributed by atoms with Crippen molar-refractivity contribution in [1.82, 2.24) is 4.57 Å². The molecule has 0 spiro atoms. The lowest BCUT2D eigenvalue weighted by Gasteiger charge is -2.44. The van der Waals surface area contributed by atoms with Gasteiger partial charge in [0.05, 0.1) is 11.0 Å². The van der Waals surface area contributed by atoms with E-state index in [4.69, 9.17) is 0 Å². The fraction of sp³-hybridized carbons (Fsp3) is 0.351. The van der Waals surface area contributed by atoms with Crippen molar-refractivity contribution in [2.24, 2.45) is 0 Å². The van der Waals surface area contributed by atoms with Crippen molar-refractivity contribution in [1.29, 1.82) is 0 Å². The van der Waals surface area contributed by atoms with Gasteiger partial charge < -0.3 is 9.38 Å². The van der Waals surface area contributed by atoms with E-state index in [0.717, 1.165) is 0 Å². The Bertz CT molecular complexity index is 4420. The molecule has 0 saturated carbocycles. The van der Waals surface area contributed by atoms with Crippen molar-refractivity contribution < 1.29 is 0 Å². The topological polar surface area (TPSA) is 8.17 Å². The van der Waals surface area contributed by atoms with Crippen LogP contribution in [0.5, 0.6) is 0 Å². The summed E-state index contributed by atoms with van der Waals surface area (Å²) in [6.07, 6.45) is 4.75. The van der Waals surface area contributed by atoms with E-state index in [1.165, 1.54) is 174 Å². The van der Waals surface area contributed by atoms with E-state index >= 15 is 0 Å². The molecule has 0 amide bonds. The number of aromatic nitrogens is 1. The van der Waals surface area contributed by atoms with Crippen LogP contribution in [-0.4, -0.2) is 11.4 Å². The number of benzene rings is 8. The molecule has 0 radical (unpaired) electrons. The van der Waals surface area contributed by atoms with E-state index in [1.807, 2.05) is 11.3 Å². The molecule has 0 atom stereocenters. The minimum Gasteiger partial charge on any atom is -0.376 e. The van der Waals surface area contributed by atoms with E-state index in [-0.39, 0.29) is 44.8 Å². The summed E-state index contributed by atoms with van der Waals surface area (Å²) in [6, 6.07) is 49.8. The van der Waals surface area contributed by atoms with E-state index in [1.54, 1.807) is 5.56 Å². The van der Waals surface area contributed by atoms with Gasteiger partial charge in [-0.15, -0.1) is 11.3 Å². The van der Waals surface area contributed by atoms with Crippen LogP contribution in [0.1, 0.15) is 180 Å². The van der Waals surface area contributed by atoms with Crippen LogP contribution in [0.4, 0.5) is 11.4 Å². The Kier molecular flexibility index (Phi) is 8.86. The summed E-state index contributed by atoms with van der Waals surface area (Å²) in [5.41, 5.74) is 31.1. The molecule has 16 rings (SSSR count). The van der Waals surface area contributed by atoms with Crippen molar-refractivity contribution in [2.75, 3.05) is 4.81 Å². The summed E-state index contributed by atoms with van der Waals surface area (Å²) >= 11 is 1.96. The van der Waals surface area contributed by atoms with Crippen molar-refractivity contribution in [3.63, 3.8) is 0 Å². The molecule has 4 heterocycles. The first kappa shape index (κ1) is 47.6. The van der Waals surface area contributed by atoms with Crippen LogP contribution < -0.4 is 15.7 Å². The fourth-order valence-electron chi connectivity index (χ4n) is 16.8. The average Bonchev–Trinajstić information content (AvgIpc) is 1.93. The highest BCUT2D eigenvalue weighted by molar-refractivity contribution is 7.26. The quantitative estimate of drug-likeness (QED) is 0.149. The van der Waals surface area contributed by atoms with E-state index in [0.29, 0.717) is 0 Å². The maximum atomic E-state index is 2.83. The van der Waals surface area contributed by atoms with Gasteiger partial charge in [0.1, 0.15) is 0 Å². The highest BCUT2D eigenvalue weighted by Gasteiger charge is 2.52. The molecule has 0 unspecified atom stereocenters. The average molecular weight is 1030 g/mol. The highest BCUT2D eigenvalue weighted by Crippen LogP contribution is 2.63. The van der Waals surface area contributed by atoms with Crippen LogP contribution in [0, 0.1) is 0 Å². The Morgan fingerprint density at radius 3 is 1.74 bits per heavy atom. The summed E-state index contributed by atoms with van der Waals surface area (Å²) < 4.78 is 5.51. The fourth-order valence-corrected chi connectivity index (χ4v) is 18.0. The Hall–Kier alpha value is -6.36. The predicted molar refractivity (Wildman–Crippen MR) is 337 cm³/mol. The molecule has 10 aromatic rings. The molecule has 2 aromatic heterocycles. The van der Waals surface area contributed by atoms with Gasteiger partial charge in [0.15, 0.2) is 0 Å². The summed E-state index contributed by atoms with van der Waals surface area (Å²) in [6.45, 7) is 37.1. The van der Waals surface area contributed by atoms with Crippen LogP contribution in [-0.2, 0) is 37.9 Å². The van der Waals surface area contributed by atoms with Crippen molar-refractivity contribution in [2.45, 2.75) is 167 Å². The molecular weight excluding hydrogens is 960 g/mol. The summed E-state index contributed by atoms with van der Waals surface area (Å²) in [4.78, 5) is 2.83. The van der Waals surface area contributed by atoms with Crippen LogP contribution >= 0.6 is 11.3 Å². The Morgan fingerprint density at radius 1 is 0.462 bits per heavy atom. The number of fused-ring (bicyclic) bond motifs is 21. The lowest BCUT2D eigenvalue weighted by atomic mass is 9.43. The zero-order chi connectivity index (χ0) is 54.1. The van der Waals surface area contributed by atoms with Gasteiger partial charge in [0.2, 0.25) is 0 Å². The smallest absolute Gasteiger partial charge is 0.333 e. The second-order valence-electron chi connectivity index (χ2n) is 29.8. The number of anilines is 2. The van der Waals surface area contributed by atoms with E-state index in [9.17, 15) is 0 Å². The number of rotatable bonds is 1. The first-order valence-electron chi connectivity index (χ1n) is 29.4. The number of hydrogen-bond donors (Lipinski definition) is 0. The SMILES string of the molecule is CC(C)(C)c1ccc(N2B3c4cc5sc6ccccc6c5cc4-n4c5cc6c(cc5c5c7c(c(c3c54)-c3cc4c(cc32)-c2cc3c(cc2C4(C)C)C(C)(C)CCC3(C)C)C(C)(C)c2ccccc2-7)C(C)(C)CCC6(C)C)cc1. The summed E-state index contributed by atoms with van der Waals surface area (Å²) in [5, 5.41) is 5.53.